The van der Waals surface area contributed by atoms with E-state index in [1.807, 2.05) is 6.07 Å². The summed E-state index contributed by atoms with van der Waals surface area (Å²) in [6.07, 6.45) is 2.23. The molecule has 4 heteroatoms. The van der Waals surface area contributed by atoms with Crippen LogP contribution < -0.4 is 10.2 Å². The predicted molar refractivity (Wildman–Crippen MR) is 87.3 cm³/mol. The zero-order chi connectivity index (χ0) is 15.7. The van der Waals surface area contributed by atoms with Crippen molar-refractivity contribution in [3.05, 3.63) is 23.8 Å². The first kappa shape index (κ1) is 16.4. The van der Waals surface area contributed by atoms with Gasteiger partial charge in [0, 0.05) is 0 Å². The molecule has 116 valence electrons. The normalized spacial score (nSPS) is 19.8. The maximum Gasteiger partial charge on any atom is 0.495 e. The monoisotopic (exact) mass is 290 g/mol. The van der Waals surface area contributed by atoms with E-state index in [1.54, 1.807) is 0 Å². The standard InChI is InChI=1S/C17H27BO3/c1-7-8-11-19-14-9-10-15(13(2)12-14)18-20-16(3,4)17(5,6)21-18/h9-10,12H,7-8,11H2,1-6H3. The highest BCUT2D eigenvalue weighted by Gasteiger charge is 2.52. The summed E-state index contributed by atoms with van der Waals surface area (Å²) in [4.78, 5) is 0. The van der Waals surface area contributed by atoms with Crippen LogP contribution in [0.2, 0.25) is 0 Å². The van der Waals surface area contributed by atoms with Crippen LogP contribution in [0.4, 0.5) is 0 Å². The Bertz CT molecular complexity index is 481. The summed E-state index contributed by atoms with van der Waals surface area (Å²) in [5.74, 6) is 0.918. The summed E-state index contributed by atoms with van der Waals surface area (Å²) in [7, 11) is -0.306. The lowest BCUT2D eigenvalue weighted by Crippen LogP contribution is -2.41. The van der Waals surface area contributed by atoms with E-state index in [0.29, 0.717) is 0 Å². The molecular formula is C17H27BO3. The molecule has 0 amide bonds. The topological polar surface area (TPSA) is 27.7 Å². The second-order valence-electron chi connectivity index (χ2n) is 6.81. The second kappa shape index (κ2) is 6.01. The lowest BCUT2D eigenvalue weighted by Gasteiger charge is -2.32. The first-order chi connectivity index (χ1) is 9.77. The van der Waals surface area contributed by atoms with Crippen LogP contribution in [-0.2, 0) is 9.31 Å². The molecule has 1 heterocycles. The first-order valence-electron chi connectivity index (χ1n) is 7.86. The first-order valence-corrected chi connectivity index (χ1v) is 7.86. The molecule has 1 aliphatic rings. The molecule has 3 nitrogen and oxygen atoms in total. The molecule has 1 aromatic rings. The fourth-order valence-corrected chi connectivity index (χ4v) is 2.31. The number of rotatable bonds is 5. The van der Waals surface area contributed by atoms with E-state index in [2.05, 4.69) is 53.7 Å². The number of ether oxygens (including phenoxy) is 1. The van der Waals surface area contributed by atoms with Crippen LogP contribution in [0, 0.1) is 6.92 Å². The SMILES string of the molecule is CCCCOc1ccc(B2OC(C)(C)C(C)(C)O2)c(C)c1. The van der Waals surface area contributed by atoms with Crippen molar-refractivity contribution in [3.8, 4) is 5.75 Å². The third-order valence-corrected chi connectivity index (χ3v) is 4.52. The maximum atomic E-state index is 6.11. The molecule has 1 saturated heterocycles. The van der Waals surface area contributed by atoms with Gasteiger partial charge >= 0.3 is 7.12 Å². The molecule has 21 heavy (non-hydrogen) atoms. The van der Waals surface area contributed by atoms with Gasteiger partial charge in [0.15, 0.2) is 0 Å². The molecule has 1 aromatic carbocycles. The van der Waals surface area contributed by atoms with E-state index in [9.17, 15) is 0 Å². The van der Waals surface area contributed by atoms with E-state index in [1.165, 1.54) is 0 Å². The van der Waals surface area contributed by atoms with Gasteiger partial charge in [-0.2, -0.15) is 0 Å². The van der Waals surface area contributed by atoms with Gasteiger partial charge in [-0.1, -0.05) is 19.4 Å². The molecule has 0 atom stereocenters. The van der Waals surface area contributed by atoms with Gasteiger partial charge in [-0.3, -0.25) is 0 Å². The van der Waals surface area contributed by atoms with Crippen molar-refractivity contribution in [3.63, 3.8) is 0 Å². The van der Waals surface area contributed by atoms with Gasteiger partial charge in [-0.05, 0) is 64.2 Å². The van der Waals surface area contributed by atoms with Gasteiger partial charge in [-0.15, -0.1) is 0 Å². The maximum absolute atomic E-state index is 6.11. The fourth-order valence-electron chi connectivity index (χ4n) is 2.31. The van der Waals surface area contributed by atoms with Gasteiger partial charge < -0.3 is 14.0 Å². The van der Waals surface area contributed by atoms with Crippen LogP contribution in [0.15, 0.2) is 18.2 Å². The zero-order valence-electron chi connectivity index (χ0n) is 14.2. The molecule has 1 aliphatic heterocycles. The van der Waals surface area contributed by atoms with Crippen LogP contribution in [0.25, 0.3) is 0 Å². The van der Waals surface area contributed by atoms with Crippen molar-refractivity contribution in [2.24, 2.45) is 0 Å². The van der Waals surface area contributed by atoms with Gasteiger partial charge in [0.25, 0.3) is 0 Å². The van der Waals surface area contributed by atoms with Crippen molar-refractivity contribution < 1.29 is 14.0 Å². The van der Waals surface area contributed by atoms with Gasteiger partial charge in [0.2, 0.25) is 0 Å². The Labute approximate surface area is 129 Å². The molecule has 1 fully saturated rings. The number of aryl methyl sites for hydroxylation is 1. The number of unbranched alkanes of at least 4 members (excludes halogenated alkanes) is 1. The molecule has 0 spiro atoms. The molecule has 0 bridgehead atoms. The Hall–Kier alpha value is -0.995. The largest absolute Gasteiger partial charge is 0.495 e. The molecular weight excluding hydrogens is 263 g/mol. The molecule has 0 aliphatic carbocycles. The summed E-state index contributed by atoms with van der Waals surface area (Å²) in [5.41, 5.74) is 1.61. The highest BCUT2D eigenvalue weighted by atomic mass is 16.7. The summed E-state index contributed by atoms with van der Waals surface area (Å²) in [5, 5.41) is 0. The summed E-state index contributed by atoms with van der Waals surface area (Å²) in [6.45, 7) is 13.3. The van der Waals surface area contributed by atoms with E-state index >= 15 is 0 Å². The third kappa shape index (κ3) is 3.43. The minimum absolute atomic E-state index is 0.305. The molecule has 0 N–H and O–H groups in total. The Morgan fingerprint density at radius 1 is 1.10 bits per heavy atom. The molecule has 0 saturated carbocycles. The fraction of sp³-hybridized carbons (Fsp3) is 0.647. The number of benzene rings is 1. The average Bonchev–Trinajstić information content (AvgIpc) is 2.58. The lowest BCUT2D eigenvalue weighted by molar-refractivity contribution is 0.00578. The Balaban J connectivity index is 2.12. The molecule has 0 aromatic heterocycles. The minimum Gasteiger partial charge on any atom is -0.494 e. The average molecular weight is 290 g/mol. The summed E-state index contributed by atoms with van der Waals surface area (Å²) < 4.78 is 18.0. The van der Waals surface area contributed by atoms with E-state index in [4.69, 9.17) is 14.0 Å². The third-order valence-electron chi connectivity index (χ3n) is 4.52. The van der Waals surface area contributed by atoms with Crippen molar-refractivity contribution in [1.29, 1.82) is 0 Å². The van der Waals surface area contributed by atoms with Crippen LogP contribution in [0.1, 0.15) is 53.0 Å². The van der Waals surface area contributed by atoms with Crippen molar-refractivity contribution in [2.75, 3.05) is 6.61 Å². The minimum atomic E-state index is -0.306. The number of hydrogen-bond acceptors (Lipinski definition) is 3. The quantitative estimate of drug-likeness (QED) is 0.614. The van der Waals surface area contributed by atoms with Gasteiger partial charge in [0.1, 0.15) is 5.75 Å². The molecule has 0 unspecified atom stereocenters. The van der Waals surface area contributed by atoms with Crippen molar-refractivity contribution in [1.82, 2.24) is 0 Å². The van der Waals surface area contributed by atoms with Crippen molar-refractivity contribution in [2.45, 2.75) is 65.6 Å². The highest BCUT2D eigenvalue weighted by molar-refractivity contribution is 6.62. The van der Waals surface area contributed by atoms with E-state index in [0.717, 1.165) is 36.2 Å². The van der Waals surface area contributed by atoms with Crippen LogP contribution in [0.3, 0.4) is 0 Å². The van der Waals surface area contributed by atoms with Crippen molar-refractivity contribution >= 4 is 12.6 Å². The van der Waals surface area contributed by atoms with Crippen LogP contribution in [0.5, 0.6) is 5.75 Å². The lowest BCUT2D eigenvalue weighted by atomic mass is 9.76. The van der Waals surface area contributed by atoms with Crippen LogP contribution >= 0.6 is 0 Å². The summed E-state index contributed by atoms with van der Waals surface area (Å²) in [6, 6.07) is 6.12. The van der Waals surface area contributed by atoms with E-state index < -0.39 is 0 Å². The molecule has 0 radical (unpaired) electrons. The number of hydrogen-bond donors (Lipinski definition) is 0. The van der Waals surface area contributed by atoms with Gasteiger partial charge in [-0.25, -0.2) is 0 Å². The molecule has 2 rings (SSSR count). The highest BCUT2D eigenvalue weighted by Crippen LogP contribution is 2.36. The Morgan fingerprint density at radius 3 is 2.24 bits per heavy atom. The smallest absolute Gasteiger partial charge is 0.494 e. The Kier molecular flexibility index (Phi) is 4.69. The Morgan fingerprint density at radius 2 is 1.71 bits per heavy atom. The predicted octanol–water partition coefficient (Wildman–Crippen LogP) is 3.47. The van der Waals surface area contributed by atoms with Crippen LogP contribution in [-0.4, -0.2) is 24.9 Å². The second-order valence-corrected chi connectivity index (χ2v) is 6.81. The summed E-state index contributed by atoms with van der Waals surface area (Å²) >= 11 is 0. The van der Waals surface area contributed by atoms with E-state index in [-0.39, 0.29) is 18.3 Å². The van der Waals surface area contributed by atoms with Gasteiger partial charge in [0.05, 0.1) is 17.8 Å². The zero-order valence-corrected chi connectivity index (χ0v) is 14.2.